The summed E-state index contributed by atoms with van der Waals surface area (Å²) in [7, 11) is 0. The Balaban J connectivity index is 1.75. The molecule has 1 aromatic carbocycles. The molecule has 0 spiro atoms. The molecule has 6 nitrogen and oxygen atoms in total. The van der Waals surface area contributed by atoms with Crippen LogP contribution in [0, 0.1) is 0 Å². The number of nitrogens with zero attached hydrogens (tertiary/aromatic N) is 5. The molecule has 0 aliphatic heterocycles. The molecule has 1 atom stereocenters. The topological polar surface area (TPSA) is 69.6 Å². The molecule has 0 radical (unpaired) electrons. The predicted molar refractivity (Wildman–Crippen MR) is 97.6 cm³/mol. The van der Waals surface area contributed by atoms with Crippen LogP contribution in [0.1, 0.15) is 62.0 Å². The Morgan fingerprint density at radius 1 is 1.12 bits per heavy atom. The van der Waals surface area contributed by atoms with Crippen LogP contribution < -0.4 is 0 Å². The minimum absolute atomic E-state index is 0.0269. The number of rotatable bonds is 7. The Hall–Kier alpha value is -2.15. The van der Waals surface area contributed by atoms with E-state index in [-0.39, 0.29) is 11.2 Å². The zero-order valence-electron chi connectivity index (χ0n) is 15.0. The first-order chi connectivity index (χ1) is 12.1. The van der Waals surface area contributed by atoms with Crippen molar-refractivity contribution in [3.8, 4) is 0 Å². The van der Waals surface area contributed by atoms with E-state index in [0.29, 0.717) is 5.89 Å². The van der Waals surface area contributed by atoms with Gasteiger partial charge < -0.3 is 9.09 Å². The predicted octanol–water partition coefficient (Wildman–Crippen LogP) is 4.25. The Morgan fingerprint density at radius 2 is 1.88 bits per heavy atom. The first-order valence-electron chi connectivity index (χ1n) is 8.54. The van der Waals surface area contributed by atoms with E-state index in [0.717, 1.165) is 29.8 Å². The van der Waals surface area contributed by atoms with Gasteiger partial charge in [0.15, 0.2) is 11.0 Å². The fourth-order valence-corrected chi connectivity index (χ4v) is 3.45. The summed E-state index contributed by atoms with van der Waals surface area (Å²) in [6.07, 6.45) is 0.772. The highest BCUT2D eigenvalue weighted by Crippen LogP contribution is 2.33. The van der Waals surface area contributed by atoms with Crippen molar-refractivity contribution in [2.75, 3.05) is 0 Å². The van der Waals surface area contributed by atoms with E-state index in [1.807, 2.05) is 25.1 Å². The Labute approximate surface area is 152 Å². The van der Waals surface area contributed by atoms with Crippen molar-refractivity contribution in [1.82, 2.24) is 24.9 Å². The maximum atomic E-state index is 5.40. The van der Waals surface area contributed by atoms with Gasteiger partial charge in [-0.1, -0.05) is 61.1 Å². The van der Waals surface area contributed by atoms with Gasteiger partial charge in [0, 0.05) is 18.9 Å². The number of aromatic nitrogens is 5. The molecule has 0 fully saturated rings. The van der Waals surface area contributed by atoms with Crippen molar-refractivity contribution in [3.05, 3.63) is 53.4 Å². The van der Waals surface area contributed by atoms with Crippen molar-refractivity contribution in [2.45, 2.75) is 57.0 Å². The summed E-state index contributed by atoms with van der Waals surface area (Å²) in [4.78, 5) is 4.48. The average molecular weight is 357 g/mol. The first-order valence-corrected chi connectivity index (χ1v) is 9.42. The van der Waals surface area contributed by atoms with Gasteiger partial charge in [-0.2, -0.15) is 4.98 Å². The number of hydrogen-bond donors (Lipinski definition) is 0. The Morgan fingerprint density at radius 3 is 2.52 bits per heavy atom. The normalized spacial score (nSPS) is 12.7. The van der Waals surface area contributed by atoms with Crippen molar-refractivity contribution < 1.29 is 4.52 Å². The molecule has 7 heteroatoms. The average Bonchev–Trinajstić information content (AvgIpc) is 3.23. The van der Waals surface area contributed by atoms with Crippen LogP contribution in [0.25, 0.3) is 0 Å². The van der Waals surface area contributed by atoms with Crippen molar-refractivity contribution in [1.29, 1.82) is 0 Å². The maximum absolute atomic E-state index is 5.40. The fourth-order valence-electron chi connectivity index (χ4n) is 2.49. The van der Waals surface area contributed by atoms with E-state index < -0.39 is 0 Å². The standard InChI is InChI=1S/C18H23N5OS/c1-5-23-15(11-14-9-7-6-8-10-14)20-21-18(23)25-13(4)17-19-16(12(2)3)22-24-17/h6-10,12-13H,5,11H2,1-4H3. The van der Waals surface area contributed by atoms with Crippen LogP contribution in [0.3, 0.4) is 0 Å². The summed E-state index contributed by atoms with van der Waals surface area (Å²) in [5, 5.41) is 13.7. The zero-order valence-corrected chi connectivity index (χ0v) is 15.8. The molecule has 0 aliphatic carbocycles. The quantitative estimate of drug-likeness (QED) is 0.589. The van der Waals surface area contributed by atoms with E-state index in [1.165, 1.54) is 5.56 Å². The van der Waals surface area contributed by atoms with Crippen molar-refractivity contribution in [2.24, 2.45) is 0 Å². The van der Waals surface area contributed by atoms with Crippen molar-refractivity contribution >= 4 is 11.8 Å². The molecular formula is C18H23N5OS. The van der Waals surface area contributed by atoms with Gasteiger partial charge in [0.05, 0.1) is 5.25 Å². The molecule has 0 saturated carbocycles. The van der Waals surface area contributed by atoms with Gasteiger partial charge in [-0.05, 0) is 19.4 Å². The monoisotopic (exact) mass is 357 g/mol. The molecule has 2 aromatic heterocycles. The summed E-state index contributed by atoms with van der Waals surface area (Å²) in [5.74, 6) is 2.59. The van der Waals surface area contributed by atoms with Crippen LogP contribution in [0.15, 0.2) is 40.0 Å². The lowest BCUT2D eigenvalue weighted by atomic mass is 10.1. The first kappa shape index (κ1) is 17.7. The van der Waals surface area contributed by atoms with Crippen LogP contribution in [0.5, 0.6) is 0 Å². The largest absolute Gasteiger partial charge is 0.338 e. The van der Waals surface area contributed by atoms with E-state index in [2.05, 4.69) is 57.8 Å². The van der Waals surface area contributed by atoms with Gasteiger partial charge in [-0.3, -0.25) is 0 Å². The molecule has 25 heavy (non-hydrogen) atoms. The maximum Gasteiger partial charge on any atom is 0.239 e. The van der Waals surface area contributed by atoms with Crippen LogP contribution in [-0.4, -0.2) is 24.9 Å². The molecule has 0 bridgehead atoms. The SMILES string of the molecule is CCn1c(Cc2ccccc2)nnc1SC(C)c1nc(C(C)C)no1. The van der Waals surface area contributed by atoms with Crippen molar-refractivity contribution in [3.63, 3.8) is 0 Å². The van der Waals surface area contributed by atoms with Crippen LogP contribution in [0.2, 0.25) is 0 Å². The lowest BCUT2D eigenvalue weighted by Crippen LogP contribution is -2.04. The molecule has 132 valence electrons. The van der Waals surface area contributed by atoms with E-state index in [9.17, 15) is 0 Å². The van der Waals surface area contributed by atoms with E-state index >= 15 is 0 Å². The third-order valence-electron chi connectivity index (χ3n) is 3.92. The summed E-state index contributed by atoms with van der Waals surface area (Å²) >= 11 is 1.60. The third kappa shape index (κ3) is 4.10. The minimum Gasteiger partial charge on any atom is -0.338 e. The molecule has 3 rings (SSSR count). The van der Waals surface area contributed by atoms with Gasteiger partial charge in [0.1, 0.15) is 5.82 Å². The van der Waals surface area contributed by atoms with Crippen LogP contribution >= 0.6 is 11.8 Å². The van der Waals surface area contributed by atoms with Gasteiger partial charge in [0.25, 0.3) is 0 Å². The van der Waals surface area contributed by atoms with E-state index in [1.54, 1.807) is 11.8 Å². The molecule has 0 amide bonds. The van der Waals surface area contributed by atoms with Crippen LogP contribution in [-0.2, 0) is 13.0 Å². The summed E-state index contributed by atoms with van der Waals surface area (Å²) in [6, 6.07) is 10.3. The fraction of sp³-hybridized carbons (Fsp3) is 0.444. The second-order valence-corrected chi connectivity index (χ2v) is 7.52. The van der Waals surface area contributed by atoms with Crippen LogP contribution in [0.4, 0.5) is 0 Å². The third-order valence-corrected chi connectivity index (χ3v) is 4.99. The lowest BCUT2D eigenvalue weighted by Gasteiger charge is -2.09. The molecule has 0 aliphatic rings. The second kappa shape index (κ2) is 7.82. The summed E-state index contributed by atoms with van der Waals surface area (Å²) in [5.41, 5.74) is 1.23. The zero-order chi connectivity index (χ0) is 17.8. The molecular weight excluding hydrogens is 334 g/mol. The highest BCUT2D eigenvalue weighted by Gasteiger charge is 2.21. The van der Waals surface area contributed by atoms with Gasteiger partial charge in [-0.15, -0.1) is 10.2 Å². The highest BCUT2D eigenvalue weighted by atomic mass is 32.2. The van der Waals surface area contributed by atoms with Gasteiger partial charge >= 0.3 is 0 Å². The van der Waals surface area contributed by atoms with Gasteiger partial charge in [-0.25, -0.2) is 0 Å². The lowest BCUT2D eigenvalue weighted by molar-refractivity contribution is 0.373. The molecule has 0 N–H and O–H groups in total. The van der Waals surface area contributed by atoms with E-state index in [4.69, 9.17) is 4.52 Å². The van der Waals surface area contributed by atoms with Gasteiger partial charge in [0.2, 0.25) is 5.89 Å². The molecule has 3 aromatic rings. The molecule has 0 saturated heterocycles. The highest BCUT2D eigenvalue weighted by molar-refractivity contribution is 7.99. The molecule has 2 heterocycles. The smallest absolute Gasteiger partial charge is 0.239 e. The number of benzene rings is 1. The number of hydrogen-bond acceptors (Lipinski definition) is 6. The Bertz CT molecular complexity index is 812. The second-order valence-electron chi connectivity index (χ2n) is 6.21. The summed E-state index contributed by atoms with van der Waals surface area (Å²) < 4.78 is 7.54. The minimum atomic E-state index is 0.0269. The summed E-state index contributed by atoms with van der Waals surface area (Å²) in [6.45, 7) is 9.08. The number of thioether (sulfide) groups is 1. The Kier molecular flexibility index (Phi) is 5.53. The molecule has 1 unspecified atom stereocenters.